The Hall–Kier alpha value is -1.31. The Kier molecular flexibility index (Phi) is 13.0. The SMILES string of the molecule is C=C(CCCCCCCCCCCC)C(=C1CCCCC1)C(C(N)=O)=C1CCCCC1. The molecule has 2 N–H and O–H groups in total. The predicted octanol–water partition coefficient (Wildman–Crippen LogP) is 8.86. The van der Waals surface area contributed by atoms with Crippen molar-refractivity contribution < 1.29 is 4.79 Å². The second kappa shape index (κ2) is 15.5. The predicted molar refractivity (Wildman–Crippen MR) is 135 cm³/mol. The second-order valence-electron chi connectivity index (χ2n) is 9.98. The first-order valence-corrected chi connectivity index (χ1v) is 13.6. The van der Waals surface area contributed by atoms with Crippen molar-refractivity contribution in [1.82, 2.24) is 0 Å². The van der Waals surface area contributed by atoms with Gasteiger partial charge in [0.05, 0.1) is 0 Å². The fourth-order valence-corrected chi connectivity index (χ4v) is 5.49. The lowest BCUT2D eigenvalue weighted by molar-refractivity contribution is -0.114. The molecule has 2 saturated carbocycles. The highest BCUT2D eigenvalue weighted by atomic mass is 16.1. The van der Waals surface area contributed by atoms with Crippen molar-refractivity contribution in [3.63, 3.8) is 0 Å². The van der Waals surface area contributed by atoms with Crippen molar-refractivity contribution in [3.8, 4) is 0 Å². The van der Waals surface area contributed by atoms with Crippen LogP contribution in [0.4, 0.5) is 0 Å². The fraction of sp³-hybridized carbons (Fsp3) is 0.759. The summed E-state index contributed by atoms with van der Waals surface area (Å²) in [7, 11) is 0. The number of rotatable bonds is 14. The highest BCUT2D eigenvalue weighted by Gasteiger charge is 2.24. The summed E-state index contributed by atoms with van der Waals surface area (Å²) >= 11 is 0. The molecule has 2 aliphatic carbocycles. The number of carbonyl (C=O) groups is 1. The Balaban J connectivity index is 1.92. The first-order valence-electron chi connectivity index (χ1n) is 13.6. The van der Waals surface area contributed by atoms with E-state index in [0.29, 0.717) is 0 Å². The van der Waals surface area contributed by atoms with Gasteiger partial charge in [-0.15, -0.1) is 0 Å². The number of nitrogens with two attached hydrogens (primary N) is 1. The van der Waals surface area contributed by atoms with Gasteiger partial charge in [-0.3, -0.25) is 4.79 Å². The Bertz CT molecular complexity index is 609. The highest BCUT2D eigenvalue weighted by molar-refractivity contribution is 5.99. The van der Waals surface area contributed by atoms with E-state index in [0.717, 1.165) is 37.7 Å². The van der Waals surface area contributed by atoms with Crippen LogP contribution >= 0.6 is 0 Å². The lowest BCUT2D eigenvalue weighted by Crippen LogP contribution is -2.21. The largest absolute Gasteiger partial charge is 0.366 e. The van der Waals surface area contributed by atoms with Gasteiger partial charge in [0.2, 0.25) is 5.91 Å². The summed E-state index contributed by atoms with van der Waals surface area (Å²) in [5, 5.41) is 0. The van der Waals surface area contributed by atoms with E-state index in [1.165, 1.54) is 125 Å². The van der Waals surface area contributed by atoms with Crippen molar-refractivity contribution in [2.75, 3.05) is 0 Å². The van der Waals surface area contributed by atoms with E-state index in [4.69, 9.17) is 5.73 Å². The molecular weight excluding hydrogens is 378 g/mol. The molecule has 0 spiro atoms. The third kappa shape index (κ3) is 9.38. The van der Waals surface area contributed by atoms with Crippen LogP contribution in [0.15, 0.2) is 34.4 Å². The minimum absolute atomic E-state index is 0.214. The van der Waals surface area contributed by atoms with Gasteiger partial charge >= 0.3 is 0 Å². The van der Waals surface area contributed by atoms with Gasteiger partial charge in [0, 0.05) is 5.57 Å². The summed E-state index contributed by atoms with van der Waals surface area (Å²) in [6.45, 7) is 6.78. The third-order valence-corrected chi connectivity index (χ3v) is 7.30. The number of carbonyl (C=O) groups excluding carboxylic acids is 1. The molecule has 2 rings (SSSR count). The van der Waals surface area contributed by atoms with Gasteiger partial charge < -0.3 is 5.73 Å². The van der Waals surface area contributed by atoms with Crippen LogP contribution in [-0.4, -0.2) is 5.91 Å². The van der Waals surface area contributed by atoms with Crippen molar-refractivity contribution in [2.24, 2.45) is 5.73 Å². The van der Waals surface area contributed by atoms with Crippen molar-refractivity contribution >= 4 is 5.91 Å². The van der Waals surface area contributed by atoms with Gasteiger partial charge in [-0.25, -0.2) is 0 Å². The van der Waals surface area contributed by atoms with E-state index in [9.17, 15) is 4.79 Å². The molecule has 0 radical (unpaired) electrons. The first-order chi connectivity index (χ1) is 15.1. The van der Waals surface area contributed by atoms with Crippen LogP contribution in [-0.2, 0) is 4.79 Å². The van der Waals surface area contributed by atoms with Gasteiger partial charge in [-0.1, -0.05) is 95.3 Å². The molecule has 0 unspecified atom stereocenters. The molecule has 2 aliphatic rings. The summed E-state index contributed by atoms with van der Waals surface area (Å²) < 4.78 is 0. The number of unbranched alkanes of at least 4 members (excludes halogenated alkanes) is 9. The van der Waals surface area contributed by atoms with Crippen molar-refractivity contribution in [2.45, 2.75) is 142 Å². The molecule has 31 heavy (non-hydrogen) atoms. The molecule has 2 fully saturated rings. The molecule has 0 saturated heterocycles. The van der Waals surface area contributed by atoms with Crippen LogP contribution in [0.25, 0.3) is 0 Å². The number of primary amides is 1. The number of hydrogen-bond acceptors (Lipinski definition) is 1. The molecule has 1 amide bonds. The lowest BCUT2D eigenvalue weighted by Gasteiger charge is -2.26. The smallest absolute Gasteiger partial charge is 0.249 e. The first kappa shape index (κ1) is 25.9. The summed E-state index contributed by atoms with van der Waals surface area (Å²) in [5.74, 6) is -0.214. The van der Waals surface area contributed by atoms with Crippen molar-refractivity contribution in [3.05, 3.63) is 34.4 Å². The second-order valence-corrected chi connectivity index (χ2v) is 9.98. The van der Waals surface area contributed by atoms with Gasteiger partial charge in [-0.05, 0) is 75.4 Å². The Morgan fingerprint density at radius 3 is 1.55 bits per heavy atom. The zero-order valence-corrected chi connectivity index (χ0v) is 20.5. The molecule has 2 nitrogen and oxygen atoms in total. The quantitative estimate of drug-likeness (QED) is 0.218. The number of amides is 1. The van der Waals surface area contributed by atoms with Crippen LogP contribution < -0.4 is 5.73 Å². The van der Waals surface area contributed by atoms with E-state index < -0.39 is 0 Å². The number of hydrogen-bond donors (Lipinski definition) is 1. The van der Waals surface area contributed by atoms with E-state index in [2.05, 4.69) is 13.5 Å². The van der Waals surface area contributed by atoms with Gasteiger partial charge in [-0.2, -0.15) is 0 Å². The van der Waals surface area contributed by atoms with E-state index in [1.807, 2.05) is 0 Å². The summed E-state index contributed by atoms with van der Waals surface area (Å²) in [5.41, 5.74) is 12.0. The Morgan fingerprint density at radius 2 is 1.10 bits per heavy atom. The third-order valence-electron chi connectivity index (χ3n) is 7.30. The minimum Gasteiger partial charge on any atom is -0.366 e. The highest BCUT2D eigenvalue weighted by Crippen LogP contribution is 2.38. The summed E-state index contributed by atoms with van der Waals surface area (Å²) in [4.78, 5) is 12.6. The van der Waals surface area contributed by atoms with Crippen LogP contribution in [0.1, 0.15) is 142 Å². The van der Waals surface area contributed by atoms with Gasteiger partial charge in [0.25, 0.3) is 0 Å². The average molecular weight is 428 g/mol. The molecule has 0 aromatic carbocycles. The molecule has 0 aromatic heterocycles. The van der Waals surface area contributed by atoms with E-state index in [1.54, 1.807) is 0 Å². The van der Waals surface area contributed by atoms with Crippen LogP contribution in [0.5, 0.6) is 0 Å². The maximum Gasteiger partial charge on any atom is 0.249 e. The molecule has 2 heteroatoms. The van der Waals surface area contributed by atoms with Crippen molar-refractivity contribution in [1.29, 1.82) is 0 Å². The van der Waals surface area contributed by atoms with Gasteiger partial charge in [0.1, 0.15) is 0 Å². The fourth-order valence-electron chi connectivity index (χ4n) is 5.49. The van der Waals surface area contributed by atoms with E-state index in [-0.39, 0.29) is 5.91 Å². The number of allylic oxidation sites excluding steroid dienone is 3. The standard InChI is InChI=1S/C29H49NO/c1-3-4-5-6-7-8-9-10-11-14-19-24(2)27(25-20-15-12-16-21-25)28(29(30)31)26-22-17-13-18-23-26/h2-23H2,1H3,(H2,30,31). The van der Waals surface area contributed by atoms with Crippen LogP contribution in [0.3, 0.4) is 0 Å². The molecule has 0 atom stereocenters. The molecule has 0 aromatic rings. The zero-order valence-electron chi connectivity index (χ0n) is 20.5. The maximum atomic E-state index is 12.6. The lowest BCUT2D eigenvalue weighted by atomic mass is 9.79. The van der Waals surface area contributed by atoms with Crippen LogP contribution in [0.2, 0.25) is 0 Å². The molecule has 0 aliphatic heterocycles. The molecule has 0 bridgehead atoms. The summed E-state index contributed by atoms with van der Waals surface area (Å²) in [6, 6.07) is 0. The van der Waals surface area contributed by atoms with Gasteiger partial charge in [0.15, 0.2) is 0 Å². The maximum absolute atomic E-state index is 12.6. The zero-order chi connectivity index (χ0) is 22.3. The molecular formula is C29H49NO. The molecule has 176 valence electrons. The molecule has 0 heterocycles. The monoisotopic (exact) mass is 427 g/mol. The van der Waals surface area contributed by atoms with Crippen LogP contribution in [0, 0.1) is 0 Å². The van der Waals surface area contributed by atoms with E-state index >= 15 is 0 Å². The topological polar surface area (TPSA) is 43.1 Å². The summed E-state index contributed by atoms with van der Waals surface area (Å²) in [6.07, 6.45) is 26.3. The minimum atomic E-state index is -0.214. The Morgan fingerprint density at radius 1 is 0.677 bits per heavy atom. The normalized spacial score (nSPS) is 16.9. The Labute approximate surface area is 192 Å². The average Bonchev–Trinajstić information content (AvgIpc) is 2.79.